The Morgan fingerprint density at radius 1 is 1.29 bits per heavy atom. The highest BCUT2D eigenvalue weighted by atomic mass is 35.5. The molecule has 1 unspecified atom stereocenters. The second-order valence-corrected chi connectivity index (χ2v) is 6.01. The topological polar surface area (TPSA) is 76.6 Å². The van der Waals surface area contributed by atoms with Crippen LogP contribution in [0.25, 0.3) is 10.9 Å². The zero-order chi connectivity index (χ0) is 17.3. The monoisotopic (exact) mass is 350 g/mol. The normalized spacial score (nSPS) is 17.2. The van der Waals surface area contributed by atoms with Crippen molar-refractivity contribution in [3.05, 3.63) is 17.4 Å². The molecular formula is C16H19ClN4O3. The van der Waals surface area contributed by atoms with Gasteiger partial charge in [0.2, 0.25) is 11.2 Å². The Morgan fingerprint density at radius 2 is 2.00 bits per heavy atom. The molecule has 3 rings (SSSR count). The average Bonchev–Trinajstić information content (AvgIpc) is 3.00. The highest BCUT2D eigenvalue weighted by Crippen LogP contribution is 2.36. The van der Waals surface area contributed by atoms with Crippen molar-refractivity contribution in [2.24, 2.45) is 0 Å². The van der Waals surface area contributed by atoms with E-state index in [0.717, 1.165) is 24.2 Å². The molecule has 128 valence electrons. The Labute approximate surface area is 144 Å². The summed E-state index contributed by atoms with van der Waals surface area (Å²) in [5, 5.41) is 3.95. The molecule has 0 aliphatic carbocycles. The maximum absolute atomic E-state index is 11.3. The van der Waals surface area contributed by atoms with E-state index < -0.39 is 0 Å². The number of nitrogens with zero attached hydrogens (tertiary/aromatic N) is 3. The van der Waals surface area contributed by atoms with Gasteiger partial charge >= 0.3 is 0 Å². The van der Waals surface area contributed by atoms with Crippen LogP contribution in [-0.2, 0) is 4.79 Å². The van der Waals surface area contributed by atoms with Crippen LogP contribution in [0, 0.1) is 0 Å². The summed E-state index contributed by atoms with van der Waals surface area (Å²) >= 11 is 6.10. The van der Waals surface area contributed by atoms with E-state index in [-0.39, 0.29) is 17.2 Å². The minimum absolute atomic E-state index is 0.0289. The number of hydrogen-bond donors (Lipinski definition) is 1. The number of fused-ring (bicyclic) bond motifs is 1. The molecule has 1 fully saturated rings. The first-order valence-corrected chi connectivity index (χ1v) is 8.01. The Bertz CT molecular complexity index is 783. The van der Waals surface area contributed by atoms with Crippen LogP contribution in [0.4, 0.5) is 5.82 Å². The van der Waals surface area contributed by atoms with Gasteiger partial charge in [-0.1, -0.05) is 0 Å². The summed E-state index contributed by atoms with van der Waals surface area (Å²) < 4.78 is 10.7. The Kier molecular flexibility index (Phi) is 4.62. The maximum Gasteiger partial charge on any atom is 0.224 e. The zero-order valence-electron chi connectivity index (χ0n) is 13.8. The fourth-order valence-corrected chi connectivity index (χ4v) is 3.18. The van der Waals surface area contributed by atoms with E-state index in [9.17, 15) is 4.79 Å². The molecule has 0 radical (unpaired) electrons. The minimum Gasteiger partial charge on any atom is -0.493 e. The zero-order valence-corrected chi connectivity index (χ0v) is 14.6. The number of anilines is 1. The van der Waals surface area contributed by atoms with Gasteiger partial charge in [0, 0.05) is 37.5 Å². The number of rotatable bonds is 4. The van der Waals surface area contributed by atoms with Gasteiger partial charge in [0.05, 0.1) is 19.7 Å². The first-order chi connectivity index (χ1) is 11.5. The quantitative estimate of drug-likeness (QED) is 0.850. The van der Waals surface area contributed by atoms with Crippen LogP contribution in [0.2, 0.25) is 5.28 Å². The van der Waals surface area contributed by atoms with E-state index in [4.69, 9.17) is 21.1 Å². The average molecular weight is 351 g/mol. The fraction of sp³-hybridized carbons (Fsp3) is 0.438. The molecule has 1 aliphatic heterocycles. The van der Waals surface area contributed by atoms with E-state index in [0.29, 0.717) is 23.6 Å². The van der Waals surface area contributed by atoms with Crippen molar-refractivity contribution in [3.63, 3.8) is 0 Å². The molecule has 0 spiro atoms. The molecule has 7 nitrogen and oxygen atoms in total. The van der Waals surface area contributed by atoms with Crippen molar-refractivity contribution in [1.29, 1.82) is 0 Å². The summed E-state index contributed by atoms with van der Waals surface area (Å²) in [4.78, 5) is 22.0. The maximum atomic E-state index is 11.3. The molecule has 2 heterocycles. The van der Waals surface area contributed by atoms with Crippen LogP contribution >= 0.6 is 11.6 Å². The molecule has 2 aromatic rings. The molecule has 0 saturated carbocycles. The lowest BCUT2D eigenvalue weighted by atomic mass is 10.2. The second-order valence-electron chi connectivity index (χ2n) is 5.67. The van der Waals surface area contributed by atoms with E-state index in [1.165, 1.54) is 6.92 Å². The first-order valence-electron chi connectivity index (χ1n) is 7.63. The predicted molar refractivity (Wildman–Crippen MR) is 92.1 cm³/mol. The third-order valence-corrected chi connectivity index (χ3v) is 4.22. The number of benzene rings is 1. The molecule has 1 atom stereocenters. The van der Waals surface area contributed by atoms with Crippen molar-refractivity contribution < 1.29 is 14.3 Å². The molecule has 1 amide bonds. The molecule has 0 bridgehead atoms. The Hall–Kier alpha value is -2.28. The Balaban J connectivity index is 2.02. The summed E-state index contributed by atoms with van der Waals surface area (Å²) in [6.07, 6.45) is 0.857. The van der Waals surface area contributed by atoms with Crippen molar-refractivity contribution in [2.45, 2.75) is 19.4 Å². The molecule has 1 aromatic heterocycles. The lowest BCUT2D eigenvalue weighted by molar-refractivity contribution is -0.119. The first kappa shape index (κ1) is 16.6. The highest BCUT2D eigenvalue weighted by Gasteiger charge is 2.26. The number of carbonyl (C=O) groups excluding carboxylic acids is 1. The number of methoxy groups -OCH3 is 2. The highest BCUT2D eigenvalue weighted by molar-refractivity contribution is 6.28. The number of halogens is 1. The minimum atomic E-state index is -0.0289. The molecule has 1 aromatic carbocycles. The second kappa shape index (κ2) is 6.68. The van der Waals surface area contributed by atoms with Gasteiger partial charge in [-0.3, -0.25) is 4.79 Å². The largest absolute Gasteiger partial charge is 0.493 e. The standard InChI is InChI=1S/C16H19ClN4O3/c1-9(22)18-10-4-5-21(8-10)15-11-6-13(23-2)14(24-3)7-12(11)19-16(17)20-15/h6-7,10H,4-5,8H2,1-3H3,(H,18,22). The third-order valence-electron chi connectivity index (χ3n) is 4.05. The van der Waals surface area contributed by atoms with E-state index in [1.807, 2.05) is 6.07 Å². The lowest BCUT2D eigenvalue weighted by Crippen LogP contribution is -2.35. The summed E-state index contributed by atoms with van der Waals surface area (Å²) in [6, 6.07) is 3.74. The van der Waals surface area contributed by atoms with Crippen molar-refractivity contribution in [1.82, 2.24) is 15.3 Å². The fourth-order valence-electron chi connectivity index (χ4n) is 3.01. The number of carbonyl (C=O) groups is 1. The van der Waals surface area contributed by atoms with Crippen LogP contribution in [0.15, 0.2) is 12.1 Å². The van der Waals surface area contributed by atoms with Gasteiger partial charge in [-0.15, -0.1) is 0 Å². The molecule has 8 heteroatoms. The van der Waals surface area contributed by atoms with E-state index >= 15 is 0 Å². The molecule has 1 saturated heterocycles. The van der Waals surface area contributed by atoms with Crippen molar-refractivity contribution in [2.75, 3.05) is 32.2 Å². The van der Waals surface area contributed by atoms with Crippen LogP contribution in [-0.4, -0.2) is 49.2 Å². The lowest BCUT2D eigenvalue weighted by Gasteiger charge is -2.20. The van der Waals surface area contributed by atoms with E-state index in [1.54, 1.807) is 20.3 Å². The van der Waals surface area contributed by atoms with Crippen LogP contribution in [0.3, 0.4) is 0 Å². The summed E-state index contributed by atoms with van der Waals surface area (Å²) in [5.41, 5.74) is 0.686. The van der Waals surface area contributed by atoms with Crippen molar-refractivity contribution in [3.8, 4) is 11.5 Å². The third kappa shape index (κ3) is 3.17. The van der Waals surface area contributed by atoms with Gasteiger partial charge in [-0.25, -0.2) is 4.98 Å². The number of amides is 1. The summed E-state index contributed by atoms with van der Waals surface area (Å²) in [7, 11) is 3.16. The molecule has 24 heavy (non-hydrogen) atoms. The van der Waals surface area contributed by atoms with Gasteiger partial charge in [0.25, 0.3) is 0 Å². The van der Waals surface area contributed by atoms with Gasteiger partial charge in [0.1, 0.15) is 5.82 Å². The Morgan fingerprint density at radius 3 is 2.67 bits per heavy atom. The van der Waals surface area contributed by atoms with Gasteiger partial charge < -0.3 is 19.7 Å². The number of ether oxygens (including phenoxy) is 2. The van der Waals surface area contributed by atoms with Crippen LogP contribution in [0.1, 0.15) is 13.3 Å². The molecular weight excluding hydrogens is 332 g/mol. The summed E-state index contributed by atoms with van der Waals surface area (Å²) in [6.45, 7) is 2.98. The number of nitrogens with one attached hydrogen (secondary N) is 1. The number of aromatic nitrogens is 2. The van der Waals surface area contributed by atoms with Crippen molar-refractivity contribution >= 4 is 34.2 Å². The molecule has 1 N–H and O–H groups in total. The summed E-state index contributed by atoms with van der Waals surface area (Å²) in [5.74, 6) is 1.90. The number of hydrogen-bond acceptors (Lipinski definition) is 6. The SMILES string of the molecule is COc1cc2nc(Cl)nc(N3CCC(NC(C)=O)C3)c2cc1OC. The molecule has 1 aliphatic rings. The van der Waals surface area contributed by atoms with Crippen LogP contribution < -0.4 is 19.7 Å². The van der Waals surface area contributed by atoms with Gasteiger partial charge in [-0.2, -0.15) is 4.98 Å². The predicted octanol–water partition coefficient (Wildman–Crippen LogP) is 2.02. The smallest absolute Gasteiger partial charge is 0.224 e. The van der Waals surface area contributed by atoms with Crippen LogP contribution in [0.5, 0.6) is 11.5 Å². The van der Waals surface area contributed by atoms with Gasteiger partial charge in [-0.05, 0) is 24.1 Å². The van der Waals surface area contributed by atoms with E-state index in [2.05, 4.69) is 20.2 Å². The van der Waals surface area contributed by atoms with Gasteiger partial charge in [0.15, 0.2) is 11.5 Å².